The Morgan fingerprint density at radius 1 is 0.548 bits per heavy atom. The Morgan fingerprint density at radius 3 is 1.45 bits per heavy atom. The lowest BCUT2D eigenvalue weighted by Gasteiger charge is -2.11. The summed E-state index contributed by atoms with van der Waals surface area (Å²) in [6.45, 7) is 2.04. The van der Waals surface area contributed by atoms with Gasteiger partial charge in [0.15, 0.2) is 0 Å². The fourth-order valence-electron chi connectivity index (χ4n) is 3.96. The van der Waals surface area contributed by atoms with Crippen molar-refractivity contribution in [2.24, 2.45) is 0 Å². The summed E-state index contributed by atoms with van der Waals surface area (Å²) in [5.41, 5.74) is 0. The molecule has 0 aliphatic heterocycles. The lowest BCUT2D eigenvalue weighted by atomic mass is 10.1. The number of carboxylic acids is 2. The summed E-state index contributed by atoms with van der Waals surface area (Å²) in [5, 5.41) is 25.1. The quantitative estimate of drug-likeness (QED) is 0.0602. The molecule has 0 unspecified atom stereocenters. The van der Waals surface area contributed by atoms with Crippen molar-refractivity contribution in [1.29, 1.82) is 0 Å². The van der Waals surface area contributed by atoms with Crippen LogP contribution in [0.5, 0.6) is 0 Å². The Bertz CT molecular complexity index is 779. The van der Waals surface area contributed by atoms with Crippen molar-refractivity contribution in [2.75, 3.05) is 39.5 Å². The number of hydrogen-bond acceptors (Lipinski definition) is 8. The Kier molecular flexibility index (Phi) is 26.0. The van der Waals surface area contributed by atoms with Crippen molar-refractivity contribution >= 4 is 35.9 Å². The highest BCUT2D eigenvalue weighted by Crippen LogP contribution is 2.12. The molecule has 3 amide bonds. The van der Waals surface area contributed by atoms with Crippen LogP contribution in [0, 0.1) is 0 Å². The molecule has 0 radical (unpaired) electrons. The predicted octanol–water partition coefficient (Wildman–Crippen LogP) is 2.35. The van der Waals surface area contributed by atoms with Crippen LogP contribution in [0.1, 0.15) is 103 Å². The van der Waals surface area contributed by atoms with Crippen LogP contribution >= 0.6 is 0 Å². The van der Waals surface area contributed by atoms with Gasteiger partial charge < -0.3 is 40.4 Å². The average molecular weight is 602 g/mol. The molecule has 0 fully saturated rings. The van der Waals surface area contributed by atoms with Crippen LogP contribution in [-0.4, -0.2) is 91.7 Å². The van der Waals surface area contributed by atoms with E-state index in [0.717, 1.165) is 44.9 Å². The molecule has 0 rings (SSSR count). The first-order chi connectivity index (χ1) is 20.2. The number of aliphatic carboxylic acids is 2. The fraction of sp³-hybridized carbons (Fsp3) is 0.793. The van der Waals surface area contributed by atoms with Gasteiger partial charge in [-0.2, -0.15) is 0 Å². The third kappa shape index (κ3) is 28.5. The molecule has 1 atom stereocenters. The van der Waals surface area contributed by atoms with Crippen molar-refractivity contribution in [2.45, 2.75) is 109 Å². The molecule has 0 bridgehead atoms. The lowest BCUT2D eigenvalue weighted by Crippen LogP contribution is -2.37. The number of amides is 3. The Labute approximate surface area is 248 Å². The molecule has 0 aromatic carbocycles. The lowest BCUT2D eigenvalue weighted by molar-refractivity contribution is -0.138. The van der Waals surface area contributed by atoms with Crippen LogP contribution in [0.15, 0.2) is 0 Å². The summed E-state index contributed by atoms with van der Waals surface area (Å²) in [7, 11) is 0. The van der Waals surface area contributed by atoms with Gasteiger partial charge in [-0.25, -0.2) is 0 Å². The monoisotopic (exact) mass is 601 g/mol. The van der Waals surface area contributed by atoms with E-state index in [2.05, 4.69) is 16.0 Å². The van der Waals surface area contributed by atoms with E-state index in [1.165, 1.54) is 19.3 Å². The highest BCUT2D eigenvalue weighted by Gasteiger charge is 2.14. The summed E-state index contributed by atoms with van der Waals surface area (Å²) < 4.78 is 10.8. The molecule has 13 nitrogen and oxygen atoms in total. The topological polar surface area (TPSA) is 197 Å². The first kappa shape index (κ1) is 38.9. The second-order valence-corrected chi connectivity index (χ2v) is 10.1. The highest BCUT2D eigenvalue weighted by atomic mass is 16.5. The molecule has 0 heterocycles. The SMILES string of the molecule is O=C[C@H](CCC(=O)O)NC(=O)CCC(=O)NCCOCCOCCNC(=O)CCCCCCCCCCCCC(=O)O. The van der Waals surface area contributed by atoms with E-state index in [9.17, 15) is 28.8 Å². The average Bonchev–Trinajstić information content (AvgIpc) is 2.95. The fourth-order valence-corrected chi connectivity index (χ4v) is 3.96. The van der Waals surface area contributed by atoms with Gasteiger partial charge in [0.2, 0.25) is 17.7 Å². The number of carboxylic acid groups (broad SMARTS) is 2. The number of rotatable bonds is 30. The molecule has 0 spiro atoms. The van der Waals surface area contributed by atoms with Crippen LogP contribution < -0.4 is 16.0 Å². The van der Waals surface area contributed by atoms with E-state index >= 15 is 0 Å². The van der Waals surface area contributed by atoms with E-state index in [4.69, 9.17) is 19.7 Å². The van der Waals surface area contributed by atoms with Gasteiger partial charge in [-0.15, -0.1) is 0 Å². The maximum atomic E-state index is 11.9. The number of hydrogen-bond donors (Lipinski definition) is 5. The molecule has 5 N–H and O–H groups in total. The molecular weight excluding hydrogens is 550 g/mol. The van der Waals surface area contributed by atoms with Gasteiger partial charge >= 0.3 is 11.9 Å². The zero-order chi connectivity index (χ0) is 31.3. The number of unbranched alkanes of at least 4 members (excludes halogenated alkanes) is 9. The van der Waals surface area contributed by atoms with E-state index in [1.54, 1.807) is 0 Å². The maximum Gasteiger partial charge on any atom is 0.303 e. The zero-order valence-electron chi connectivity index (χ0n) is 24.9. The normalized spacial score (nSPS) is 11.4. The Morgan fingerprint density at radius 2 is 0.976 bits per heavy atom. The molecule has 0 aliphatic rings. The zero-order valence-corrected chi connectivity index (χ0v) is 24.9. The van der Waals surface area contributed by atoms with Crippen LogP contribution in [0.25, 0.3) is 0 Å². The number of aldehydes is 1. The van der Waals surface area contributed by atoms with Gasteiger partial charge in [0.05, 0.1) is 32.5 Å². The minimum absolute atomic E-state index is 0.00353. The van der Waals surface area contributed by atoms with Crippen molar-refractivity contribution < 1.29 is 48.5 Å². The van der Waals surface area contributed by atoms with Gasteiger partial charge in [0, 0.05) is 45.2 Å². The molecule has 242 valence electrons. The molecule has 0 aromatic rings. The number of nitrogens with one attached hydrogen (secondary N) is 3. The second-order valence-electron chi connectivity index (χ2n) is 10.1. The molecule has 0 saturated carbocycles. The van der Waals surface area contributed by atoms with Crippen molar-refractivity contribution in [3.63, 3.8) is 0 Å². The highest BCUT2D eigenvalue weighted by molar-refractivity contribution is 5.85. The minimum Gasteiger partial charge on any atom is -0.481 e. The summed E-state index contributed by atoms with van der Waals surface area (Å²) in [4.78, 5) is 67.4. The van der Waals surface area contributed by atoms with Crippen LogP contribution in [0.2, 0.25) is 0 Å². The van der Waals surface area contributed by atoms with Crippen LogP contribution in [0.4, 0.5) is 0 Å². The standard InChI is InChI=1S/C29H51N3O10/c33-23-24(13-16-29(39)40)32-27(36)15-14-26(35)31-18-20-42-22-21-41-19-17-30-25(34)11-9-7-5-3-1-2-4-6-8-10-12-28(37)38/h23-24H,1-22H2,(H,30,34)(H,31,35)(H,32,36)(H,37,38)(H,39,40)/t24-/m0/s1. The van der Waals surface area contributed by atoms with E-state index in [1.807, 2.05) is 0 Å². The summed E-state index contributed by atoms with van der Waals surface area (Å²) in [6, 6.07) is -0.887. The first-order valence-electron chi connectivity index (χ1n) is 15.1. The van der Waals surface area contributed by atoms with Crippen molar-refractivity contribution in [3.05, 3.63) is 0 Å². The summed E-state index contributed by atoms with van der Waals surface area (Å²) >= 11 is 0. The number of carbonyl (C=O) groups excluding carboxylic acids is 4. The molecule has 0 aromatic heterocycles. The molecule has 13 heteroatoms. The minimum atomic E-state index is -1.06. The van der Waals surface area contributed by atoms with E-state index in [-0.39, 0.29) is 57.1 Å². The van der Waals surface area contributed by atoms with Crippen molar-refractivity contribution in [3.8, 4) is 0 Å². The molecule has 0 saturated heterocycles. The Hall–Kier alpha value is -3.06. The second kappa shape index (κ2) is 28.1. The predicted molar refractivity (Wildman–Crippen MR) is 155 cm³/mol. The van der Waals surface area contributed by atoms with Gasteiger partial charge in [0.1, 0.15) is 6.29 Å². The van der Waals surface area contributed by atoms with Gasteiger partial charge in [-0.05, 0) is 19.3 Å². The third-order valence-corrected chi connectivity index (χ3v) is 6.31. The maximum absolute atomic E-state index is 11.9. The molecule has 0 aliphatic carbocycles. The van der Waals surface area contributed by atoms with Gasteiger partial charge in [-0.1, -0.05) is 51.4 Å². The van der Waals surface area contributed by atoms with E-state index < -0.39 is 23.9 Å². The van der Waals surface area contributed by atoms with Gasteiger partial charge in [0.25, 0.3) is 0 Å². The smallest absolute Gasteiger partial charge is 0.303 e. The number of carbonyl (C=O) groups is 6. The molecule has 42 heavy (non-hydrogen) atoms. The van der Waals surface area contributed by atoms with Gasteiger partial charge in [-0.3, -0.25) is 24.0 Å². The Balaban J connectivity index is 3.45. The largest absolute Gasteiger partial charge is 0.481 e. The molecular formula is C29H51N3O10. The summed E-state index contributed by atoms with van der Waals surface area (Å²) in [5.74, 6) is -2.60. The van der Waals surface area contributed by atoms with Crippen LogP contribution in [-0.2, 0) is 38.2 Å². The van der Waals surface area contributed by atoms with Crippen molar-refractivity contribution in [1.82, 2.24) is 16.0 Å². The third-order valence-electron chi connectivity index (χ3n) is 6.31. The van der Waals surface area contributed by atoms with Crippen LogP contribution in [0.3, 0.4) is 0 Å². The summed E-state index contributed by atoms with van der Waals surface area (Å²) in [6.07, 6.45) is 11.4. The first-order valence-corrected chi connectivity index (χ1v) is 15.1. The number of ether oxygens (including phenoxy) is 2. The van der Waals surface area contributed by atoms with E-state index in [0.29, 0.717) is 39.1 Å².